The summed E-state index contributed by atoms with van der Waals surface area (Å²) in [5.41, 5.74) is 4.03. The van der Waals surface area contributed by atoms with Gasteiger partial charge in [0.25, 0.3) is 0 Å². The summed E-state index contributed by atoms with van der Waals surface area (Å²) in [6.07, 6.45) is 3.38. The minimum Gasteiger partial charge on any atom is -0.355 e. The van der Waals surface area contributed by atoms with Gasteiger partial charge in [-0.05, 0) is 68.1 Å². The molecule has 0 aliphatic carbocycles. The largest absolute Gasteiger partial charge is 0.355 e. The molecule has 2 atom stereocenters. The Hall–Kier alpha value is -3.39. The third-order valence-corrected chi connectivity index (χ3v) is 7.01. The predicted octanol–water partition coefficient (Wildman–Crippen LogP) is 3.77. The molecule has 5 heterocycles. The Bertz CT molecular complexity index is 1270. The van der Waals surface area contributed by atoms with Crippen molar-refractivity contribution in [3.8, 4) is 22.5 Å². The van der Waals surface area contributed by atoms with Gasteiger partial charge in [0.2, 0.25) is 0 Å². The van der Waals surface area contributed by atoms with Crippen molar-refractivity contribution in [2.75, 3.05) is 31.1 Å². The molecule has 33 heavy (non-hydrogen) atoms. The van der Waals surface area contributed by atoms with E-state index in [1.165, 1.54) is 12.1 Å². The molecule has 0 spiro atoms. The summed E-state index contributed by atoms with van der Waals surface area (Å²) in [6.45, 7) is 8.93. The SMILES string of the molecule is CC(C)N1CC2CN(c3ccc4nc(-c5ccc(F)cc5)c(-c5ccnnc5)n4n3)CC2C1. The topological polar surface area (TPSA) is 62.5 Å². The normalized spacial score (nSPS) is 20.8. The van der Waals surface area contributed by atoms with Crippen molar-refractivity contribution in [1.82, 2.24) is 29.7 Å². The molecule has 0 saturated carbocycles. The summed E-state index contributed by atoms with van der Waals surface area (Å²) in [6, 6.07) is 13.0. The second kappa shape index (κ2) is 7.88. The Morgan fingerprint density at radius 3 is 2.30 bits per heavy atom. The quantitative estimate of drug-likeness (QED) is 0.479. The molecule has 0 N–H and O–H groups in total. The Balaban J connectivity index is 1.40. The van der Waals surface area contributed by atoms with Crippen LogP contribution in [0.4, 0.5) is 10.2 Å². The van der Waals surface area contributed by atoms with Gasteiger partial charge in [0.15, 0.2) is 5.65 Å². The van der Waals surface area contributed by atoms with Crippen LogP contribution in [0.1, 0.15) is 13.8 Å². The predicted molar refractivity (Wildman–Crippen MR) is 125 cm³/mol. The number of fused-ring (bicyclic) bond motifs is 2. The summed E-state index contributed by atoms with van der Waals surface area (Å²) < 4.78 is 15.4. The van der Waals surface area contributed by atoms with E-state index in [1.807, 2.05) is 16.6 Å². The van der Waals surface area contributed by atoms with Crippen molar-refractivity contribution in [3.05, 3.63) is 60.7 Å². The minimum absolute atomic E-state index is 0.273. The van der Waals surface area contributed by atoms with Gasteiger partial charge in [-0.3, -0.25) is 0 Å². The fraction of sp³-hybridized carbons (Fsp3) is 0.360. The number of rotatable bonds is 4. The zero-order valence-electron chi connectivity index (χ0n) is 18.8. The third-order valence-electron chi connectivity index (χ3n) is 7.01. The number of hydrogen-bond donors (Lipinski definition) is 0. The molecule has 2 saturated heterocycles. The highest BCUT2D eigenvalue weighted by Gasteiger charge is 2.41. The number of aromatic nitrogens is 5. The lowest BCUT2D eigenvalue weighted by atomic mass is 10.0. The van der Waals surface area contributed by atoms with E-state index >= 15 is 0 Å². The Morgan fingerprint density at radius 1 is 0.879 bits per heavy atom. The van der Waals surface area contributed by atoms with E-state index in [-0.39, 0.29) is 5.82 Å². The van der Waals surface area contributed by atoms with Gasteiger partial charge >= 0.3 is 0 Å². The molecule has 2 fully saturated rings. The van der Waals surface area contributed by atoms with Crippen molar-refractivity contribution in [2.24, 2.45) is 11.8 Å². The summed E-state index contributed by atoms with van der Waals surface area (Å²) >= 11 is 0. The van der Waals surface area contributed by atoms with Crippen molar-refractivity contribution in [2.45, 2.75) is 19.9 Å². The molecule has 6 rings (SSSR count). The van der Waals surface area contributed by atoms with Crippen LogP contribution < -0.4 is 4.90 Å². The maximum atomic E-state index is 13.6. The van der Waals surface area contributed by atoms with E-state index in [4.69, 9.17) is 10.1 Å². The van der Waals surface area contributed by atoms with E-state index in [2.05, 4.69) is 39.9 Å². The molecule has 1 aromatic carbocycles. The van der Waals surface area contributed by atoms with Gasteiger partial charge in [-0.15, -0.1) is 5.10 Å². The molecule has 0 radical (unpaired) electrons. The van der Waals surface area contributed by atoms with Crippen LogP contribution in [0, 0.1) is 17.7 Å². The molecule has 7 nitrogen and oxygen atoms in total. The standard InChI is InChI=1S/C25H26FN7/c1-16(2)31-12-19-14-32(15-20(19)13-31)23-8-7-22-29-24(17-3-5-21(26)6-4-17)25(33(22)30-23)18-9-10-27-28-11-18/h3-11,16,19-20H,12-15H2,1-2H3. The molecule has 3 aromatic heterocycles. The summed E-state index contributed by atoms with van der Waals surface area (Å²) in [7, 11) is 0. The van der Waals surface area contributed by atoms with Gasteiger partial charge in [-0.1, -0.05) is 0 Å². The number of imidazole rings is 1. The van der Waals surface area contributed by atoms with Crippen molar-refractivity contribution in [1.29, 1.82) is 0 Å². The van der Waals surface area contributed by atoms with Crippen LogP contribution in [0.2, 0.25) is 0 Å². The molecular weight excluding hydrogens is 417 g/mol. The lowest BCUT2D eigenvalue weighted by molar-refractivity contribution is 0.258. The number of halogens is 1. The van der Waals surface area contributed by atoms with E-state index in [0.29, 0.717) is 17.9 Å². The van der Waals surface area contributed by atoms with Crippen LogP contribution >= 0.6 is 0 Å². The highest BCUT2D eigenvalue weighted by atomic mass is 19.1. The maximum Gasteiger partial charge on any atom is 0.155 e. The van der Waals surface area contributed by atoms with Gasteiger partial charge in [0.1, 0.15) is 17.3 Å². The maximum absolute atomic E-state index is 13.6. The van der Waals surface area contributed by atoms with Gasteiger partial charge in [-0.2, -0.15) is 10.2 Å². The van der Waals surface area contributed by atoms with Crippen molar-refractivity contribution in [3.63, 3.8) is 0 Å². The summed E-state index contributed by atoms with van der Waals surface area (Å²) in [4.78, 5) is 9.84. The van der Waals surface area contributed by atoms with Gasteiger partial charge in [0, 0.05) is 43.3 Å². The number of benzene rings is 1. The molecule has 0 bridgehead atoms. The molecule has 0 amide bonds. The van der Waals surface area contributed by atoms with Crippen LogP contribution in [0.3, 0.4) is 0 Å². The first-order valence-electron chi connectivity index (χ1n) is 11.5. The van der Waals surface area contributed by atoms with Gasteiger partial charge < -0.3 is 9.80 Å². The lowest BCUT2D eigenvalue weighted by Gasteiger charge is -2.24. The number of anilines is 1. The Morgan fingerprint density at radius 2 is 1.64 bits per heavy atom. The summed E-state index contributed by atoms with van der Waals surface area (Å²) in [5, 5.41) is 13.0. The molecule has 2 aliphatic rings. The average Bonchev–Trinajstić information content (AvgIpc) is 3.51. The lowest BCUT2D eigenvalue weighted by Crippen LogP contribution is -2.33. The summed E-state index contributed by atoms with van der Waals surface area (Å²) in [5.74, 6) is 2.06. The van der Waals surface area contributed by atoms with Gasteiger partial charge in [0.05, 0.1) is 18.1 Å². The van der Waals surface area contributed by atoms with Crippen molar-refractivity contribution >= 4 is 11.5 Å². The fourth-order valence-corrected chi connectivity index (χ4v) is 5.23. The highest BCUT2D eigenvalue weighted by molar-refractivity contribution is 5.81. The average molecular weight is 444 g/mol. The second-order valence-corrected chi connectivity index (χ2v) is 9.38. The van der Waals surface area contributed by atoms with E-state index in [0.717, 1.165) is 60.2 Å². The zero-order valence-corrected chi connectivity index (χ0v) is 18.8. The van der Waals surface area contributed by atoms with E-state index in [9.17, 15) is 4.39 Å². The first-order chi connectivity index (χ1) is 16.1. The smallest absolute Gasteiger partial charge is 0.155 e. The number of likely N-dealkylation sites (tertiary alicyclic amines) is 1. The van der Waals surface area contributed by atoms with E-state index in [1.54, 1.807) is 24.5 Å². The van der Waals surface area contributed by atoms with Gasteiger partial charge in [-0.25, -0.2) is 13.9 Å². The second-order valence-electron chi connectivity index (χ2n) is 9.38. The third kappa shape index (κ3) is 3.54. The first-order valence-corrected chi connectivity index (χ1v) is 11.5. The molecule has 2 unspecified atom stereocenters. The molecular formula is C25H26FN7. The zero-order chi connectivity index (χ0) is 22.5. The van der Waals surface area contributed by atoms with Crippen molar-refractivity contribution < 1.29 is 4.39 Å². The highest BCUT2D eigenvalue weighted by Crippen LogP contribution is 2.36. The monoisotopic (exact) mass is 443 g/mol. The van der Waals surface area contributed by atoms with Crippen LogP contribution in [0.25, 0.3) is 28.2 Å². The molecule has 168 valence electrons. The van der Waals surface area contributed by atoms with E-state index < -0.39 is 0 Å². The molecule has 2 aliphatic heterocycles. The van der Waals surface area contributed by atoms with Crippen LogP contribution in [-0.4, -0.2) is 61.9 Å². The van der Waals surface area contributed by atoms with Crippen LogP contribution in [-0.2, 0) is 0 Å². The number of hydrogen-bond acceptors (Lipinski definition) is 6. The van der Waals surface area contributed by atoms with Crippen LogP contribution in [0.5, 0.6) is 0 Å². The first kappa shape index (κ1) is 20.2. The van der Waals surface area contributed by atoms with Crippen LogP contribution in [0.15, 0.2) is 54.9 Å². The Labute approximate surface area is 191 Å². The number of nitrogens with zero attached hydrogens (tertiary/aromatic N) is 7. The fourth-order valence-electron chi connectivity index (χ4n) is 5.23. The minimum atomic E-state index is -0.273. The molecule has 8 heteroatoms. The Kier molecular flexibility index (Phi) is 4.83. The molecule has 4 aromatic rings.